The van der Waals surface area contributed by atoms with Gasteiger partial charge in [-0.2, -0.15) is 0 Å². The number of carbonyl (C=O) groups is 2. The van der Waals surface area contributed by atoms with Crippen LogP contribution in [0, 0.1) is 12.8 Å². The first-order valence-electron chi connectivity index (χ1n) is 12.5. The minimum absolute atomic E-state index is 0.0133. The third-order valence-electron chi connectivity index (χ3n) is 6.33. The number of benzene rings is 2. The molecule has 1 N–H and O–H groups in total. The first-order chi connectivity index (χ1) is 18.2. The van der Waals surface area contributed by atoms with E-state index in [0.29, 0.717) is 65.2 Å². The van der Waals surface area contributed by atoms with Crippen LogP contribution in [0.25, 0.3) is 5.76 Å². The molecule has 38 heavy (non-hydrogen) atoms. The second-order valence-corrected chi connectivity index (χ2v) is 9.48. The van der Waals surface area contributed by atoms with Crippen molar-refractivity contribution in [1.29, 1.82) is 0 Å². The quantitative estimate of drug-likeness (QED) is 0.186. The highest BCUT2D eigenvalue weighted by atomic mass is 16.5. The lowest BCUT2D eigenvalue weighted by Gasteiger charge is -2.26. The highest BCUT2D eigenvalue weighted by molar-refractivity contribution is 6.46. The molecule has 2 aromatic rings. The van der Waals surface area contributed by atoms with Crippen molar-refractivity contribution in [2.75, 3.05) is 48.2 Å². The number of Topliss-reactive ketones (excluding diaryl/α,β-unsaturated/α-hetero) is 1. The molecule has 1 fully saturated rings. The summed E-state index contributed by atoms with van der Waals surface area (Å²) in [5, 5.41) is 11.5. The van der Waals surface area contributed by atoms with E-state index in [0.717, 1.165) is 0 Å². The van der Waals surface area contributed by atoms with Crippen LogP contribution in [0.5, 0.6) is 23.0 Å². The molecule has 0 saturated carbocycles. The summed E-state index contributed by atoms with van der Waals surface area (Å²) in [5.41, 5.74) is 1.67. The fourth-order valence-corrected chi connectivity index (χ4v) is 4.50. The van der Waals surface area contributed by atoms with Crippen molar-refractivity contribution in [3.8, 4) is 23.0 Å². The van der Waals surface area contributed by atoms with E-state index in [9.17, 15) is 14.7 Å². The number of carbonyl (C=O) groups excluding carboxylic acids is 2. The first kappa shape index (κ1) is 28.8. The van der Waals surface area contributed by atoms with Gasteiger partial charge in [-0.05, 0) is 60.7 Å². The smallest absolute Gasteiger partial charge is 0.295 e. The van der Waals surface area contributed by atoms with Crippen molar-refractivity contribution in [3.05, 3.63) is 52.6 Å². The summed E-state index contributed by atoms with van der Waals surface area (Å²) in [6, 6.07) is 7.74. The lowest BCUT2D eigenvalue weighted by atomic mass is 9.93. The molecule has 9 nitrogen and oxygen atoms in total. The fraction of sp³-hybridized carbons (Fsp3) is 0.448. The molecule has 3 rings (SSSR count). The number of rotatable bonds is 12. The van der Waals surface area contributed by atoms with E-state index in [2.05, 4.69) is 13.8 Å². The summed E-state index contributed by atoms with van der Waals surface area (Å²) in [6.45, 7) is 7.14. The predicted octanol–water partition coefficient (Wildman–Crippen LogP) is 4.51. The zero-order valence-electron chi connectivity index (χ0n) is 23.1. The van der Waals surface area contributed by atoms with E-state index in [1.165, 1.54) is 26.2 Å². The molecular formula is C29H37NO8. The molecule has 1 amide bonds. The van der Waals surface area contributed by atoms with Crippen LogP contribution >= 0.6 is 0 Å². The SMILES string of the molecule is COCCCN1C(=O)C(=O)C(=C(O)c2ccc(OCC(C)C)cc2C)[C@H]1c1cc(OC)c(OC)c(OC)c1. The highest BCUT2D eigenvalue weighted by Gasteiger charge is 2.46. The van der Waals surface area contributed by atoms with Crippen molar-refractivity contribution >= 4 is 17.4 Å². The van der Waals surface area contributed by atoms with Gasteiger partial charge >= 0.3 is 0 Å². The summed E-state index contributed by atoms with van der Waals surface area (Å²) in [7, 11) is 6.04. The molecule has 1 saturated heterocycles. The Kier molecular flexibility index (Phi) is 9.63. The molecular weight excluding hydrogens is 490 g/mol. The van der Waals surface area contributed by atoms with Crippen molar-refractivity contribution in [2.24, 2.45) is 5.92 Å². The van der Waals surface area contributed by atoms with Gasteiger partial charge < -0.3 is 33.7 Å². The standard InChI is InChI=1S/C29H37NO8/c1-17(2)16-38-20-9-10-21(18(3)13-20)26(31)24-25(30(11-8-12-34-4)29(33)27(24)32)19-14-22(35-5)28(37-7)23(15-19)36-6/h9-10,13-15,17,25,31H,8,11-12,16H2,1-7H3/t25-/m1/s1. The van der Waals surface area contributed by atoms with Crippen molar-refractivity contribution in [2.45, 2.75) is 33.2 Å². The van der Waals surface area contributed by atoms with Gasteiger partial charge in [0, 0.05) is 25.8 Å². The number of aliphatic hydroxyl groups is 1. The molecule has 2 aromatic carbocycles. The molecule has 0 aromatic heterocycles. The van der Waals surface area contributed by atoms with Crippen molar-refractivity contribution < 1.29 is 38.4 Å². The third kappa shape index (κ3) is 5.88. The van der Waals surface area contributed by atoms with Crippen LogP contribution in [0.15, 0.2) is 35.9 Å². The first-order valence-corrected chi connectivity index (χ1v) is 12.5. The Morgan fingerprint density at radius 2 is 1.66 bits per heavy atom. The van der Waals surface area contributed by atoms with Crippen molar-refractivity contribution in [1.82, 2.24) is 4.90 Å². The van der Waals surface area contributed by atoms with Crippen LogP contribution in [-0.4, -0.2) is 69.9 Å². The van der Waals surface area contributed by atoms with Crippen LogP contribution in [0.2, 0.25) is 0 Å². The van der Waals surface area contributed by atoms with Gasteiger partial charge in [0.15, 0.2) is 11.5 Å². The number of amides is 1. The number of hydrogen-bond acceptors (Lipinski definition) is 8. The van der Waals surface area contributed by atoms with E-state index < -0.39 is 17.7 Å². The lowest BCUT2D eigenvalue weighted by molar-refractivity contribution is -0.140. The number of hydrogen-bond donors (Lipinski definition) is 1. The summed E-state index contributed by atoms with van der Waals surface area (Å²) in [6.07, 6.45) is 0.505. The Morgan fingerprint density at radius 1 is 1.00 bits per heavy atom. The van der Waals surface area contributed by atoms with E-state index >= 15 is 0 Å². The number of aliphatic hydroxyl groups excluding tert-OH is 1. The molecule has 206 valence electrons. The molecule has 9 heteroatoms. The van der Waals surface area contributed by atoms with Crippen LogP contribution < -0.4 is 18.9 Å². The normalized spacial score (nSPS) is 16.7. The second kappa shape index (κ2) is 12.7. The molecule has 0 spiro atoms. The number of ether oxygens (including phenoxy) is 5. The van der Waals surface area contributed by atoms with E-state index in [1.54, 1.807) is 37.4 Å². The zero-order chi connectivity index (χ0) is 28.0. The molecule has 1 heterocycles. The Hall–Kier alpha value is -3.72. The van der Waals surface area contributed by atoms with Gasteiger partial charge in [-0.25, -0.2) is 0 Å². The second-order valence-electron chi connectivity index (χ2n) is 9.48. The minimum Gasteiger partial charge on any atom is -0.507 e. The maximum absolute atomic E-state index is 13.4. The maximum atomic E-state index is 13.4. The zero-order valence-corrected chi connectivity index (χ0v) is 23.1. The Balaban J connectivity index is 2.18. The van der Waals surface area contributed by atoms with Gasteiger partial charge in [0.2, 0.25) is 5.75 Å². The van der Waals surface area contributed by atoms with Gasteiger partial charge in [0.1, 0.15) is 11.5 Å². The molecule has 1 aliphatic rings. The third-order valence-corrected chi connectivity index (χ3v) is 6.33. The number of methoxy groups -OCH3 is 4. The fourth-order valence-electron chi connectivity index (χ4n) is 4.50. The number of likely N-dealkylation sites (tertiary alicyclic amines) is 1. The topological polar surface area (TPSA) is 104 Å². The molecule has 0 unspecified atom stereocenters. The number of aryl methyl sites for hydroxylation is 1. The van der Waals surface area contributed by atoms with Crippen LogP contribution in [0.1, 0.15) is 43.0 Å². The van der Waals surface area contributed by atoms with E-state index in [4.69, 9.17) is 23.7 Å². The van der Waals surface area contributed by atoms with E-state index in [1.807, 2.05) is 6.92 Å². The minimum atomic E-state index is -0.878. The van der Waals surface area contributed by atoms with Gasteiger partial charge in [0.05, 0.1) is 39.6 Å². The summed E-state index contributed by atoms with van der Waals surface area (Å²) in [5.74, 6) is 0.408. The Labute approximate surface area is 223 Å². The van der Waals surface area contributed by atoms with Gasteiger partial charge in [-0.1, -0.05) is 13.8 Å². The van der Waals surface area contributed by atoms with Gasteiger partial charge in [-0.15, -0.1) is 0 Å². The van der Waals surface area contributed by atoms with E-state index in [-0.39, 0.29) is 17.9 Å². The summed E-state index contributed by atoms with van der Waals surface area (Å²) >= 11 is 0. The highest BCUT2D eigenvalue weighted by Crippen LogP contribution is 2.46. The predicted molar refractivity (Wildman–Crippen MR) is 143 cm³/mol. The van der Waals surface area contributed by atoms with Crippen LogP contribution in [0.4, 0.5) is 0 Å². The monoisotopic (exact) mass is 527 g/mol. The molecule has 0 bridgehead atoms. The Bertz CT molecular complexity index is 1180. The average Bonchev–Trinajstić information content (AvgIpc) is 3.15. The summed E-state index contributed by atoms with van der Waals surface area (Å²) < 4.78 is 27.4. The number of nitrogens with zero attached hydrogens (tertiary/aromatic N) is 1. The summed E-state index contributed by atoms with van der Waals surface area (Å²) in [4.78, 5) is 28.1. The molecule has 0 aliphatic carbocycles. The largest absolute Gasteiger partial charge is 0.507 e. The Morgan fingerprint density at radius 3 is 2.18 bits per heavy atom. The molecule has 1 atom stereocenters. The molecule has 1 aliphatic heterocycles. The lowest BCUT2D eigenvalue weighted by Crippen LogP contribution is -2.31. The van der Waals surface area contributed by atoms with Gasteiger partial charge in [-0.3, -0.25) is 9.59 Å². The maximum Gasteiger partial charge on any atom is 0.295 e. The average molecular weight is 528 g/mol. The van der Waals surface area contributed by atoms with Crippen LogP contribution in [0.3, 0.4) is 0 Å². The van der Waals surface area contributed by atoms with Crippen LogP contribution in [-0.2, 0) is 14.3 Å². The van der Waals surface area contributed by atoms with Crippen molar-refractivity contribution in [3.63, 3.8) is 0 Å². The van der Waals surface area contributed by atoms with Gasteiger partial charge in [0.25, 0.3) is 11.7 Å². The number of ketones is 1. The molecule has 0 radical (unpaired) electrons.